The SMILES string of the molecule is CCC1([C@H](N)C(=O)N2[C@H](C#N)C[C@@H]3C[C@@H]32)CC2CC(O)CC(C2)C1. The summed E-state index contributed by atoms with van der Waals surface area (Å²) in [5, 5.41) is 19.4. The van der Waals surface area contributed by atoms with E-state index in [9.17, 15) is 15.2 Å². The Hall–Kier alpha value is -1.12. The number of nitrogens with zero attached hydrogens (tertiary/aromatic N) is 2. The molecule has 3 N–H and O–H groups in total. The molecule has 24 heavy (non-hydrogen) atoms. The summed E-state index contributed by atoms with van der Waals surface area (Å²) >= 11 is 0. The van der Waals surface area contributed by atoms with Crippen molar-refractivity contribution in [2.24, 2.45) is 28.9 Å². The van der Waals surface area contributed by atoms with Crippen LogP contribution in [0.15, 0.2) is 0 Å². The van der Waals surface area contributed by atoms with Gasteiger partial charge in [0, 0.05) is 6.04 Å². The van der Waals surface area contributed by atoms with E-state index < -0.39 is 6.04 Å². The maximum Gasteiger partial charge on any atom is 0.241 e. The van der Waals surface area contributed by atoms with Crippen molar-refractivity contribution in [2.75, 3.05) is 0 Å². The molecule has 3 saturated carbocycles. The van der Waals surface area contributed by atoms with Crippen molar-refractivity contribution in [1.82, 2.24) is 4.90 Å². The molecule has 2 unspecified atom stereocenters. The molecule has 1 saturated heterocycles. The van der Waals surface area contributed by atoms with Crippen molar-refractivity contribution >= 4 is 5.91 Å². The molecule has 1 heterocycles. The lowest BCUT2D eigenvalue weighted by atomic mass is 9.56. The molecule has 4 fully saturated rings. The van der Waals surface area contributed by atoms with Gasteiger partial charge in [-0.3, -0.25) is 4.79 Å². The number of aliphatic hydroxyl groups excluding tert-OH is 1. The Balaban J connectivity index is 1.54. The van der Waals surface area contributed by atoms with Gasteiger partial charge in [0.25, 0.3) is 0 Å². The molecular formula is C19H29N3O2. The highest BCUT2D eigenvalue weighted by atomic mass is 16.3. The number of nitriles is 1. The lowest BCUT2D eigenvalue weighted by molar-refractivity contribution is -0.139. The Morgan fingerprint density at radius 3 is 2.54 bits per heavy atom. The van der Waals surface area contributed by atoms with Crippen molar-refractivity contribution in [2.45, 2.75) is 82.5 Å². The number of rotatable bonds is 3. The number of fused-ring (bicyclic) bond motifs is 3. The van der Waals surface area contributed by atoms with Crippen LogP contribution < -0.4 is 5.73 Å². The van der Waals surface area contributed by atoms with Crippen molar-refractivity contribution in [3.05, 3.63) is 0 Å². The number of carbonyl (C=O) groups excluding carboxylic acids is 1. The molecule has 5 nitrogen and oxygen atoms in total. The molecule has 132 valence electrons. The molecule has 0 radical (unpaired) electrons. The van der Waals surface area contributed by atoms with Crippen LogP contribution in [0.1, 0.15) is 58.3 Å². The summed E-state index contributed by atoms with van der Waals surface area (Å²) in [5.41, 5.74) is 6.43. The van der Waals surface area contributed by atoms with Crippen molar-refractivity contribution < 1.29 is 9.90 Å². The highest BCUT2D eigenvalue weighted by Gasteiger charge is 2.57. The van der Waals surface area contributed by atoms with Gasteiger partial charge in [0.2, 0.25) is 5.91 Å². The zero-order valence-electron chi connectivity index (χ0n) is 14.5. The summed E-state index contributed by atoms with van der Waals surface area (Å²) in [6, 6.07) is 1.80. The molecule has 1 aliphatic heterocycles. The molecule has 3 aliphatic carbocycles. The van der Waals surface area contributed by atoms with E-state index in [1.807, 2.05) is 4.90 Å². The smallest absolute Gasteiger partial charge is 0.241 e. The van der Waals surface area contributed by atoms with Gasteiger partial charge in [0.1, 0.15) is 6.04 Å². The fourth-order valence-corrected chi connectivity index (χ4v) is 6.17. The quantitative estimate of drug-likeness (QED) is 0.825. The third-order valence-corrected chi connectivity index (χ3v) is 7.41. The summed E-state index contributed by atoms with van der Waals surface area (Å²) in [7, 11) is 0. The highest BCUT2D eigenvalue weighted by Crippen LogP contribution is 2.53. The van der Waals surface area contributed by atoms with Crippen LogP contribution in [0.5, 0.6) is 0 Å². The third kappa shape index (κ3) is 2.46. The molecule has 1 amide bonds. The van der Waals surface area contributed by atoms with E-state index in [1.165, 1.54) is 6.42 Å². The van der Waals surface area contributed by atoms with Crippen LogP contribution in [0, 0.1) is 34.5 Å². The standard InChI is InChI=1S/C19H29N3O2/c1-2-19(8-11-3-12(9-19)5-15(23)4-11)17(21)18(24)22-14(10-20)6-13-7-16(13)22/h11-17,23H,2-9,21H2,1H3/t11?,12?,13-,14+,15?,16+,17-,19?/m1/s1. The molecule has 0 aromatic heterocycles. The summed E-state index contributed by atoms with van der Waals surface area (Å²) in [6.07, 6.45) is 7.39. The monoisotopic (exact) mass is 331 g/mol. The van der Waals surface area contributed by atoms with Gasteiger partial charge in [-0.1, -0.05) is 6.92 Å². The van der Waals surface area contributed by atoms with Crippen molar-refractivity contribution in [3.63, 3.8) is 0 Å². The Kier molecular flexibility index (Phi) is 3.89. The van der Waals surface area contributed by atoms with Gasteiger partial charge in [-0.2, -0.15) is 5.26 Å². The predicted molar refractivity (Wildman–Crippen MR) is 89.5 cm³/mol. The Morgan fingerprint density at radius 2 is 1.96 bits per heavy atom. The average Bonchev–Trinajstić information content (AvgIpc) is 3.22. The van der Waals surface area contributed by atoms with Crippen LogP contribution in [0.4, 0.5) is 0 Å². The van der Waals surface area contributed by atoms with Gasteiger partial charge in [-0.05, 0) is 74.5 Å². The van der Waals surface area contributed by atoms with Crippen LogP contribution in [0.3, 0.4) is 0 Å². The molecule has 4 rings (SSSR count). The fraction of sp³-hybridized carbons (Fsp3) is 0.895. The summed E-state index contributed by atoms with van der Waals surface area (Å²) < 4.78 is 0. The van der Waals surface area contributed by atoms with Gasteiger partial charge in [0.15, 0.2) is 0 Å². The predicted octanol–water partition coefficient (Wildman–Crippen LogP) is 1.79. The number of piperidine rings is 1. The summed E-state index contributed by atoms with van der Waals surface area (Å²) in [5.74, 6) is 1.52. The maximum atomic E-state index is 13.2. The molecule has 2 bridgehead atoms. The van der Waals surface area contributed by atoms with Crippen LogP contribution in [0.25, 0.3) is 0 Å². The van der Waals surface area contributed by atoms with E-state index in [-0.39, 0.29) is 29.5 Å². The van der Waals surface area contributed by atoms with E-state index in [2.05, 4.69) is 13.0 Å². The molecule has 6 atom stereocenters. The minimum absolute atomic E-state index is 0.00826. The number of carbonyl (C=O) groups is 1. The largest absolute Gasteiger partial charge is 0.393 e. The number of amides is 1. The Bertz CT molecular complexity index is 553. The minimum atomic E-state index is -0.502. The number of hydrogen-bond acceptors (Lipinski definition) is 4. The first-order valence-electron chi connectivity index (χ1n) is 9.63. The van der Waals surface area contributed by atoms with Gasteiger partial charge in [0.05, 0.1) is 18.2 Å². The third-order valence-electron chi connectivity index (χ3n) is 7.41. The topological polar surface area (TPSA) is 90.4 Å². The van der Waals surface area contributed by atoms with E-state index >= 15 is 0 Å². The molecule has 0 aromatic carbocycles. The molecule has 4 aliphatic rings. The number of aliphatic hydroxyl groups is 1. The van der Waals surface area contributed by atoms with Crippen LogP contribution in [-0.4, -0.2) is 40.1 Å². The Labute approximate surface area is 144 Å². The number of nitrogens with two attached hydrogens (primary N) is 1. The Morgan fingerprint density at radius 1 is 1.29 bits per heavy atom. The average molecular weight is 331 g/mol. The summed E-state index contributed by atoms with van der Waals surface area (Å²) in [4.78, 5) is 15.0. The van der Waals surface area contributed by atoms with E-state index in [0.29, 0.717) is 17.8 Å². The van der Waals surface area contributed by atoms with E-state index in [4.69, 9.17) is 5.73 Å². The fourth-order valence-electron chi connectivity index (χ4n) is 6.17. The lowest BCUT2D eigenvalue weighted by Gasteiger charge is -2.51. The van der Waals surface area contributed by atoms with Gasteiger partial charge >= 0.3 is 0 Å². The van der Waals surface area contributed by atoms with E-state index in [1.54, 1.807) is 0 Å². The first-order chi connectivity index (χ1) is 11.5. The highest BCUT2D eigenvalue weighted by molar-refractivity contribution is 5.84. The van der Waals surface area contributed by atoms with Gasteiger partial charge in [-0.15, -0.1) is 0 Å². The maximum absolute atomic E-state index is 13.2. The molecule has 0 aromatic rings. The first-order valence-corrected chi connectivity index (χ1v) is 9.63. The zero-order chi connectivity index (χ0) is 17.1. The second-order valence-corrected chi connectivity index (χ2v) is 8.88. The van der Waals surface area contributed by atoms with Gasteiger partial charge < -0.3 is 15.7 Å². The normalized spacial score (nSPS) is 47.7. The second-order valence-electron chi connectivity index (χ2n) is 8.88. The number of hydrogen-bond donors (Lipinski definition) is 2. The van der Waals surface area contributed by atoms with Crippen LogP contribution >= 0.6 is 0 Å². The van der Waals surface area contributed by atoms with Crippen LogP contribution in [-0.2, 0) is 4.79 Å². The first kappa shape index (κ1) is 16.4. The van der Waals surface area contributed by atoms with Crippen molar-refractivity contribution in [3.8, 4) is 6.07 Å². The second kappa shape index (κ2) is 5.71. The minimum Gasteiger partial charge on any atom is -0.393 e. The molecule has 5 heteroatoms. The van der Waals surface area contributed by atoms with Gasteiger partial charge in [-0.25, -0.2) is 0 Å². The van der Waals surface area contributed by atoms with Crippen LogP contribution in [0.2, 0.25) is 0 Å². The summed E-state index contributed by atoms with van der Waals surface area (Å²) in [6.45, 7) is 2.15. The lowest BCUT2D eigenvalue weighted by Crippen LogP contribution is -2.58. The molecular weight excluding hydrogens is 302 g/mol. The van der Waals surface area contributed by atoms with E-state index in [0.717, 1.165) is 44.9 Å². The zero-order valence-corrected chi connectivity index (χ0v) is 14.5. The van der Waals surface area contributed by atoms with Crippen molar-refractivity contribution in [1.29, 1.82) is 5.26 Å². The molecule has 0 spiro atoms. The number of likely N-dealkylation sites (tertiary alicyclic amines) is 1.